The lowest BCUT2D eigenvalue weighted by Crippen LogP contribution is -2.68. The van der Waals surface area contributed by atoms with Crippen LogP contribution in [0.1, 0.15) is 66.7 Å². The zero-order valence-corrected chi connectivity index (χ0v) is 17.3. The Balaban J connectivity index is 2.18. The van der Waals surface area contributed by atoms with Gasteiger partial charge in [0.1, 0.15) is 6.10 Å². The van der Waals surface area contributed by atoms with Crippen molar-refractivity contribution in [3.63, 3.8) is 0 Å². The minimum Gasteiger partial charge on any atom is -0.457 e. The lowest BCUT2D eigenvalue weighted by molar-refractivity contribution is -0.282. The fourth-order valence-corrected chi connectivity index (χ4v) is 5.20. The average molecular weight is 380 g/mol. The topological polar surface area (TPSA) is 82.1 Å². The SMILES string of the molecule is CC[C@@H](C)C(=O)O[C@@H]1C2=C(C)C(=O)O[C@@]2(OC)C[C@@]2(O)CCC[C@H](C)[C@@]12C. The van der Waals surface area contributed by atoms with E-state index < -0.39 is 28.9 Å². The molecule has 0 radical (unpaired) electrons. The largest absolute Gasteiger partial charge is 0.457 e. The third-order valence-corrected chi connectivity index (χ3v) is 7.54. The van der Waals surface area contributed by atoms with Crippen LogP contribution in [0.25, 0.3) is 0 Å². The molecular weight excluding hydrogens is 348 g/mol. The molecule has 6 heteroatoms. The van der Waals surface area contributed by atoms with Crippen molar-refractivity contribution < 1.29 is 28.9 Å². The molecule has 0 aromatic rings. The summed E-state index contributed by atoms with van der Waals surface area (Å²) in [7, 11) is 1.47. The van der Waals surface area contributed by atoms with Gasteiger partial charge in [-0.1, -0.05) is 34.1 Å². The van der Waals surface area contributed by atoms with Gasteiger partial charge in [-0.05, 0) is 32.1 Å². The molecule has 27 heavy (non-hydrogen) atoms. The maximum absolute atomic E-state index is 12.7. The van der Waals surface area contributed by atoms with Crippen LogP contribution in [-0.2, 0) is 23.8 Å². The van der Waals surface area contributed by atoms with Crippen LogP contribution >= 0.6 is 0 Å². The van der Waals surface area contributed by atoms with Crippen molar-refractivity contribution in [1.82, 2.24) is 0 Å². The first-order chi connectivity index (χ1) is 12.6. The summed E-state index contributed by atoms with van der Waals surface area (Å²) < 4.78 is 17.3. The van der Waals surface area contributed by atoms with Crippen LogP contribution in [0.15, 0.2) is 11.1 Å². The summed E-state index contributed by atoms with van der Waals surface area (Å²) in [6.45, 7) is 9.50. The molecule has 1 N–H and O–H groups in total. The standard InChI is InChI=1S/C21H32O6/c1-7-12(2)17(22)26-16-15-14(4)18(23)27-21(15,25-6)11-20(24)10-8-9-13(3)19(16,20)5/h12-13,16,24H,7-11H2,1-6H3/t12-,13+,16-,19+,20+,21+/m1/s1. The molecule has 0 spiro atoms. The van der Waals surface area contributed by atoms with Crippen molar-refractivity contribution in [1.29, 1.82) is 0 Å². The van der Waals surface area contributed by atoms with Crippen LogP contribution in [-0.4, -0.2) is 41.6 Å². The number of carbonyl (C=O) groups is 2. The van der Waals surface area contributed by atoms with Gasteiger partial charge >= 0.3 is 11.9 Å². The molecule has 1 aliphatic heterocycles. The Labute approximate surface area is 161 Å². The number of rotatable bonds is 4. The van der Waals surface area contributed by atoms with E-state index in [-0.39, 0.29) is 24.2 Å². The summed E-state index contributed by atoms with van der Waals surface area (Å²) >= 11 is 0. The van der Waals surface area contributed by atoms with Crippen LogP contribution in [0.4, 0.5) is 0 Å². The normalized spacial score (nSPS) is 42.3. The van der Waals surface area contributed by atoms with Gasteiger partial charge in [0, 0.05) is 24.5 Å². The minimum atomic E-state index is -1.37. The second-order valence-corrected chi connectivity index (χ2v) is 8.80. The second-order valence-electron chi connectivity index (χ2n) is 8.80. The smallest absolute Gasteiger partial charge is 0.336 e. The van der Waals surface area contributed by atoms with Gasteiger partial charge < -0.3 is 19.3 Å². The highest BCUT2D eigenvalue weighted by Crippen LogP contribution is 2.63. The molecular formula is C21H32O6. The van der Waals surface area contributed by atoms with E-state index in [0.717, 1.165) is 12.8 Å². The average Bonchev–Trinajstić information content (AvgIpc) is 2.87. The van der Waals surface area contributed by atoms with E-state index in [9.17, 15) is 14.7 Å². The number of carbonyl (C=O) groups excluding carboxylic acids is 2. The molecule has 0 unspecified atom stereocenters. The summed E-state index contributed by atoms with van der Waals surface area (Å²) in [5.41, 5.74) is -0.899. The molecule has 2 saturated carbocycles. The van der Waals surface area contributed by atoms with Gasteiger partial charge in [-0.3, -0.25) is 4.79 Å². The molecule has 152 valence electrons. The fraction of sp³-hybridized carbons (Fsp3) is 0.810. The highest BCUT2D eigenvalue weighted by atomic mass is 16.7. The Morgan fingerprint density at radius 3 is 2.70 bits per heavy atom. The van der Waals surface area contributed by atoms with E-state index in [4.69, 9.17) is 14.2 Å². The van der Waals surface area contributed by atoms with Crippen molar-refractivity contribution in [2.24, 2.45) is 17.3 Å². The summed E-state index contributed by atoms with van der Waals surface area (Å²) in [6.07, 6.45) is 2.40. The van der Waals surface area contributed by atoms with E-state index >= 15 is 0 Å². The molecule has 0 aromatic heterocycles. The number of methoxy groups -OCH3 is 1. The molecule has 6 nitrogen and oxygen atoms in total. The van der Waals surface area contributed by atoms with E-state index in [1.54, 1.807) is 6.92 Å². The predicted molar refractivity (Wildman–Crippen MR) is 98.6 cm³/mol. The van der Waals surface area contributed by atoms with Gasteiger partial charge in [0.05, 0.1) is 17.1 Å². The zero-order valence-electron chi connectivity index (χ0n) is 17.3. The van der Waals surface area contributed by atoms with Crippen molar-refractivity contribution in [3.8, 4) is 0 Å². The van der Waals surface area contributed by atoms with Gasteiger partial charge in [0.15, 0.2) is 0 Å². The monoisotopic (exact) mass is 380 g/mol. The maximum Gasteiger partial charge on any atom is 0.336 e. The first kappa shape index (κ1) is 20.3. The zero-order chi connectivity index (χ0) is 20.2. The molecule has 0 aromatic carbocycles. The third kappa shape index (κ3) is 2.67. The number of ether oxygens (including phenoxy) is 3. The number of aliphatic hydroxyl groups is 1. The van der Waals surface area contributed by atoms with Gasteiger partial charge in [0.25, 0.3) is 0 Å². The first-order valence-electron chi connectivity index (χ1n) is 9.99. The maximum atomic E-state index is 12.7. The second kappa shape index (κ2) is 6.59. The van der Waals surface area contributed by atoms with E-state index in [1.165, 1.54) is 7.11 Å². The Morgan fingerprint density at radius 1 is 1.44 bits per heavy atom. The van der Waals surface area contributed by atoms with Gasteiger partial charge in [-0.2, -0.15) is 0 Å². The number of fused-ring (bicyclic) bond motifs is 2. The van der Waals surface area contributed by atoms with E-state index in [2.05, 4.69) is 6.92 Å². The Kier molecular flexibility index (Phi) is 4.96. The number of hydrogen-bond donors (Lipinski definition) is 1. The molecule has 3 aliphatic rings. The van der Waals surface area contributed by atoms with Crippen molar-refractivity contribution in [2.75, 3.05) is 7.11 Å². The Hall–Kier alpha value is -1.40. The van der Waals surface area contributed by atoms with Crippen molar-refractivity contribution in [3.05, 3.63) is 11.1 Å². The van der Waals surface area contributed by atoms with Crippen LogP contribution < -0.4 is 0 Å². The molecule has 6 atom stereocenters. The molecule has 0 saturated heterocycles. The van der Waals surface area contributed by atoms with Gasteiger partial charge in [-0.25, -0.2) is 4.79 Å². The van der Waals surface area contributed by atoms with Crippen molar-refractivity contribution in [2.45, 2.75) is 84.2 Å². The number of hydrogen-bond acceptors (Lipinski definition) is 6. The fourth-order valence-electron chi connectivity index (χ4n) is 5.20. The van der Waals surface area contributed by atoms with Crippen molar-refractivity contribution >= 4 is 11.9 Å². The number of esters is 2. The van der Waals surface area contributed by atoms with Crippen LogP contribution in [0, 0.1) is 17.3 Å². The molecule has 1 heterocycles. The Bertz CT molecular complexity index is 684. The summed E-state index contributed by atoms with van der Waals surface area (Å²) in [4.78, 5) is 25.2. The summed E-state index contributed by atoms with van der Waals surface area (Å²) in [6, 6.07) is 0. The predicted octanol–water partition coefficient (Wildman–Crippen LogP) is 3.12. The van der Waals surface area contributed by atoms with Gasteiger partial charge in [-0.15, -0.1) is 0 Å². The van der Waals surface area contributed by atoms with E-state index in [0.29, 0.717) is 24.0 Å². The lowest BCUT2D eigenvalue weighted by atomic mass is 9.49. The lowest BCUT2D eigenvalue weighted by Gasteiger charge is -2.61. The van der Waals surface area contributed by atoms with E-state index in [1.807, 2.05) is 20.8 Å². The molecule has 3 rings (SSSR count). The molecule has 2 fully saturated rings. The minimum absolute atomic E-state index is 0.108. The molecule has 0 bridgehead atoms. The summed E-state index contributed by atoms with van der Waals surface area (Å²) in [5, 5.41) is 11.7. The Morgan fingerprint density at radius 2 is 2.11 bits per heavy atom. The highest BCUT2D eigenvalue weighted by Gasteiger charge is 2.71. The van der Waals surface area contributed by atoms with Crippen LogP contribution in [0.2, 0.25) is 0 Å². The molecule has 0 amide bonds. The summed E-state index contributed by atoms with van der Waals surface area (Å²) in [5.74, 6) is -2.33. The highest BCUT2D eigenvalue weighted by molar-refractivity contribution is 5.93. The molecule has 2 aliphatic carbocycles. The van der Waals surface area contributed by atoms with Crippen LogP contribution in [0.5, 0.6) is 0 Å². The first-order valence-corrected chi connectivity index (χ1v) is 9.99. The third-order valence-electron chi connectivity index (χ3n) is 7.54. The quantitative estimate of drug-likeness (QED) is 0.755. The van der Waals surface area contributed by atoms with Gasteiger partial charge in [0.2, 0.25) is 5.79 Å². The van der Waals surface area contributed by atoms with Crippen LogP contribution in [0.3, 0.4) is 0 Å².